The summed E-state index contributed by atoms with van der Waals surface area (Å²) in [5, 5.41) is 12.3. The van der Waals surface area contributed by atoms with Crippen molar-refractivity contribution in [1.29, 1.82) is 0 Å². The molecule has 0 spiro atoms. The zero-order chi connectivity index (χ0) is 24.4. The lowest BCUT2D eigenvalue weighted by molar-refractivity contribution is 0.0364. The number of rotatable bonds is 8. The third kappa shape index (κ3) is 4.59. The fourth-order valence-electron chi connectivity index (χ4n) is 5.18. The summed E-state index contributed by atoms with van der Waals surface area (Å²) in [6.45, 7) is 2.93. The van der Waals surface area contributed by atoms with E-state index >= 15 is 0 Å². The number of para-hydroxylation sites is 2. The minimum Gasteiger partial charge on any atom is -0.493 e. The summed E-state index contributed by atoms with van der Waals surface area (Å²) in [7, 11) is 3.30. The van der Waals surface area contributed by atoms with Crippen LogP contribution in [0.4, 0.5) is 0 Å². The van der Waals surface area contributed by atoms with Gasteiger partial charge in [0.1, 0.15) is 18.5 Å². The fraction of sp³-hybridized carbons (Fsp3) is 0.310. The van der Waals surface area contributed by atoms with E-state index in [0.29, 0.717) is 18.0 Å². The normalized spacial score (nSPS) is 18.7. The molecule has 3 aromatic carbocycles. The van der Waals surface area contributed by atoms with Crippen LogP contribution in [-0.2, 0) is 6.42 Å². The van der Waals surface area contributed by atoms with Crippen molar-refractivity contribution in [1.82, 2.24) is 9.88 Å². The van der Waals surface area contributed by atoms with Crippen LogP contribution in [-0.4, -0.2) is 54.5 Å². The van der Waals surface area contributed by atoms with E-state index in [4.69, 9.17) is 14.2 Å². The summed E-state index contributed by atoms with van der Waals surface area (Å²) in [5.74, 6) is 2.14. The molecule has 4 aromatic rings. The van der Waals surface area contributed by atoms with E-state index in [1.54, 1.807) is 14.2 Å². The van der Waals surface area contributed by atoms with Crippen LogP contribution in [0.3, 0.4) is 0 Å². The molecule has 3 atom stereocenters. The number of aromatic amines is 1. The molecule has 0 radical (unpaired) electrons. The van der Waals surface area contributed by atoms with Crippen molar-refractivity contribution < 1.29 is 19.3 Å². The largest absolute Gasteiger partial charge is 0.493 e. The molecule has 5 rings (SSSR count). The molecule has 0 aliphatic carbocycles. The average Bonchev–Trinajstić information content (AvgIpc) is 3.26. The number of aliphatic hydroxyl groups is 1. The molecule has 1 aliphatic rings. The number of β-amino-alcohol motifs (C(OH)–C–C–N with tert-alkyl or cyclic N) is 1. The molecular formula is C29H32N2O4. The summed E-state index contributed by atoms with van der Waals surface area (Å²) in [6.07, 6.45) is 0.251. The van der Waals surface area contributed by atoms with Crippen LogP contribution in [0.15, 0.2) is 72.8 Å². The number of aliphatic hydroxyl groups excluding tert-OH is 1. The molecule has 6 heteroatoms. The van der Waals surface area contributed by atoms with Gasteiger partial charge in [0.05, 0.1) is 20.3 Å². The first-order chi connectivity index (χ1) is 17.1. The summed E-state index contributed by atoms with van der Waals surface area (Å²) in [6, 6.07) is 24.3. The van der Waals surface area contributed by atoms with Gasteiger partial charge in [0.2, 0.25) is 0 Å². The Bertz CT molecular complexity index is 1290. The molecular weight excluding hydrogens is 440 g/mol. The summed E-state index contributed by atoms with van der Waals surface area (Å²) in [4.78, 5) is 6.04. The Morgan fingerprint density at radius 2 is 1.71 bits per heavy atom. The lowest BCUT2D eigenvalue weighted by Crippen LogP contribution is -2.47. The molecule has 1 aromatic heterocycles. The van der Waals surface area contributed by atoms with Gasteiger partial charge in [-0.1, -0.05) is 42.5 Å². The second-order valence-corrected chi connectivity index (χ2v) is 9.11. The van der Waals surface area contributed by atoms with Crippen LogP contribution in [0, 0.1) is 0 Å². The van der Waals surface area contributed by atoms with E-state index in [1.807, 2.05) is 42.5 Å². The molecule has 0 saturated carbocycles. The predicted octanol–water partition coefficient (Wildman–Crippen LogP) is 4.96. The molecule has 1 aliphatic heterocycles. The molecule has 0 bridgehead atoms. The lowest BCUT2D eigenvalue weighted by Gasteiger charge is -2.42. The van der Waals surface area contributed by atoms with Gasteiger partial charge in [-0.15, -0.1) is 0 Å². The summed E-state index contributed by atoms with van der Waals surface area (Å²) in [5.41, 5.74) is 4.70. The maximum absolute atomic E-state index is 11.0. The number of benzene rings is 3. The number of fused-ring (bicyclic) bond motifs is 3. The lowest BCUT2D eigenvalue weighted by atomic mass is 9.88. The Balaban J connectivity index is 1.51. The molecule has 0 unspecified atom stereocenters. The summed E-state index contributed by atoms with van der Waals surface area (Å²) >= 11 is 0. The minimum atomic E-state index is -0.647. The van der Waals surface area contributed by atoms with Crippen LogP contribution in [0.1, 0.15) is 29.8 Å². The number of nitrogens with zero attached hydrogens (tertiary/aromatic N) is 1. The van der Waals surface area contributed by atoms with Crippen LogP contribution in [0.5, 0.6) is 17.2 Å². The third-order valence-corrected chi connectivity index (χ3v) is 6.85. The van der Waals surface area contributed by atoms with Crippen LogP contribution < -0.4 is 14.2 Å². The maximum atomic E-state index is 11.0. The molecule has 0 fully saturated rings. The van der Waals surface area contributed by atoms with Gasteiger partial charge in [0.15, 0.2) is 11.5 Å². The molecule has 0 amide bonds. The van der Waals surface area contributed by atoms with Crippen LogP contribution in [0.2, 0.25) is 0 Å². The maximum Gasteiger partial charge on any atom is 0.161 e. The second kappa shape index (κ2) is 10.0. The van der Waals surface area contributed by atoms with Gasteiger partial charge >= 0.3 is 0 Å². The van der Waals surface area contributed by atoms with E-state index in [1.165, 1.54) is 10.9 Å². The monoisotopic (exact) mass is 472 g/mol. The average molecular weight is 473 g/mol. The van der Waals surface area contributed by atoms with Crippen LogP contribution >= 0.6 is 0 Å². The van der Waals surface area contributed by atoms with Gasteiger partial charge in [-0.3, -0.25) is 4.90 Å². The number of hydrogen-bond donors (Lipinski definition) is 2. The molecule has 182 valence electrons. The van der Waals surface area contributed by atoms with Crippen molar-refractivity contribution in [2.24, 2.45) is 0 Å². The predicted molar refractivity (Wildman–Crippen MR) is 138 cm³/mol. The highest BCUT2D eigenvalue weighted by Crippen LogP contribution is 2.42. The zero-order valence-electron chi connectivity index (χ0n) is 20.4. The molecule has 6 nitrogen and oxygen atoms in total. The molecule has 2 N–H and O–H groups in total. The standard InChI is InChI=1S/C29H32N2O4/c1-19-15-24-23-11-7-8-12-25(23)30-28(24)29(20-13-14-26(33-2)27(16-20)34-3)31(19)17-21(32)18-35-22-9-5-4-6-10-22/h4-14,16,19,21,29-30,32H,15,17-18H2,1-3H3/t19-,21-,29-/m1/s1. The first kappa shape index (κ1) is 23.3. The van der Waals surface area contributed by atoms with Crippen molar-refractivity contribution >= 4 is 10.9 Å². The molecule has 0 saturated heterocycles. The smallest absolute Gasteiger partial charge is 0.161 e. The number of aromatic nitrogens is 1. The molecule has 35 heavy (non-hydrogen) atoms. The third-order valence-electron chi connectivity index (χ3n) is 6.85. The number of nitrogens with one attached hydrogen (secondary N) is 1. The van der Waals surface area contributed by atoms with E-state index < -0.39 is 6.10 Å². The van der Waals surface area contributed by atoms with Crippen LogP contribution in [0.25, 0.3) is 10.9 Å². The Kier molecular flexibility index (Phi) is 6.66. The Hall–Kier alpha value is -3.48. The van der Waals surface area contributed by atoms with Crippen molar-refractivity contribution in [2.45, 2.75) is 31.5 Å². The highest BCUT2D eigenvalue weighted by Gasteiger charge is 2.37. The van der Waals surface area contributed by atoms with Crippen molar-refractivity contribution in [3.05, 3.63) is 89.6 Å². The van der Waals surface area contributed by atoms with E-state index in [2.05, 4.69) is 47.1 Å². The van der Waals surface area contributed by atoms with Gasteiger partial charge < -0.3 is 24.3 Å². The number of ether oxygens (including phenoxy) is 3. The van der Waals surface area contributed by atoms with Gasteiger partial charge in [-0.05, 0) is 54.8 Å². The SMILES string of the molecule is COc1ccc([C@@H]2c3[nH]c4ccccc4c3C[C@@H](C)N2C[C@@H](O)COc2ccccc2)cc1OC. The minimum absolute atomic E-state index is 0.0765. The first-order valence-electron chi connectivity index (χ1n) is 12.0. The summed E-state index contributed by atoms with van der Waals surface area (Å²) < 4.78 is 17.0. The zero-order valence-corrected chi connectivity index (χ0v) is 20.4. The number of H-pyrrole nitrogens is 1. The Morgan fingerprint density at radius 1 is 0.971 bits per heavy atom. The van der Waals surface area contributed by atoms with Gasteiger partial charge in [0, 0.05) is 29.2 Å². The fourth-order valence-corrected chi connectivity index (χ4v) is 5.18. The molecule has 2 heterocycles. The van der Waals surface area contributed by atoms with E-state index in [9.17, 15) is 5.11 Å². The van der Waals surface area contributed by atoms with E-state index in [0.717, 1.165) is 28.9 Å². The second-order valence-electron chi connectivity index (χ2n) is 9.11. The Labute approximate surface area is 206 Å². The topological polar surface area (TPSA) is 67.0 Å². The van der Waals surface area contributed by atoms with E-state index in [-0.39, 0.29) is 18.7 Å². The van der Waals surface area contributed by atoms with Gasteiger partial charge in [-0.2, -0.15) is 0 Å². The highest BCUT2D eigenvalue weighted by atomic mass is 16.5. The van der Waals surface area contributed by atoms with Crippen molar-refractivity contribution in [3.63, 3.8) is 0 Å². The highest BCUT2D eigenvalue weighted by molar-refractivity contribution is 5.85. The van der Waals surface area contributed by atoms with Crippen molar-refractivity contribution in [2.75, 3.05) is 27.4 Å². The number of methoxy groups -OCH3 is 2. The van der Waals surface area contributed by atoms with Gasteiger partial charge in [-0.25, -0.2) is 0 Å². The quantitative estimate of drug-likeness (QED) is 0.379. The van der Waals surface area contributed by atoms with Crippen molar-refractivity contribution in [3.8, 4) is 17.2 Å². The Morgan fingerprint density at radius 3 is 2.49 bits per heavy atom. The van der Waals surface area contributed by atoms with Gasteiger partial charge in [0.25, 0.3) is 0 Å². The first-order valence-corrected chi connectivity index (χ1v) is 12.0. The number of hydrogen-bond acceptors (Lipinski definition) is 5.